The molecule has 1 aromatic heterocycles. The molecule has 0 saturated heterocycles. The van der Waals surface area contributed by atoms with E-state index in [-0.39, 0.29) is 11.7 Å². The smallest absolute Gasteiger partial charge is 0.162 e. The average molecular weight is 453 g/mol. The van der Waals surface area contributed by atoms with Gasteiger partial charge in [0, 0.05) is 30.1 Å². The van der Waals surface area contributed by atoms with Gasteiger partial charge in [-0.2, -0.15) is 5.26 Å². The second-order valence-corrected chi connectivity index (χ2v) is 8.62. The lowest BCUT2D eigenvalue weighted by Crippen LogP contribution is -2.40. The van der Waals surface area contributed by atoms with Crippen LogP contribution in [0.4, 0.5) is 5.69 Å². The number of benzene rings is 2. The summed E-state index contributed by atoms with van der Waals surface area (Å²) in [5.74, 6) is -0.244. The van der Waals surface area contributed by atoms with Crippen LogP contribution in [-0.4, -0.2) is 10.8 Å². The molecule has 2 aromatic carbocycles. The van der Waals surface area contributed by atoms with Crippen LogP contribution in [0.2, 0.25) is 5.02 Å². The molecule has 0 saturated carbocycles. The number of para-hydroxylation sites is 1. The minimum Gasteiger partial charge on any atom is -0.384 e. The topological polar surface area (TPSA) is 83.0 Å². The summed E-state index contributed by atoms with van der Waals surface area (Å²) in [6.07, 6.45) is 4.34. The molecular weight excluding hydrogens is 432 g/mol. The van der Waals surface area contributed by atoms with E-state index in [0.717, 1.165) is 16.8 Å². The van der Waals surface area contributed by atoms with Crippen molar-refractivity contribution in [2.45, 2.75) is 24.7 Å². The molecular formula is C27H21ClN4O. The fraction of sp³-hybridized carbons (Fsp3) is 0.148. The van der Waals surface area contributed by atoms with Gasteiger partial charge in [-0.15, -0.1) is 0 Å². The Bertz CT molecular complexity index is 1320. The van der Waals surface area contributed by atoms with Gasteiger partial charge < -0.3 is 5.73 Å². The summed E-state index contributed by atoms with van der Waals surface area (Å²) in [4.78, 5) is 19.7. The first-order chi connectivity index (χ1) is 16.1. The van der Waals surface area contributed by atoms with Crippen molar-refractivity contribution in [1.29, 1.82) is 5.26 Å². The number of aromatic nitrogens is 1. The predicted molar refractivity (Wildman–Crippen MR) is 128 cm³/mol. The summed E-state index contributed by atoms with van der Waals surface area (Å²) >= 11 is 6.57. The molecule has 2 heterocycles. The van der Waals surface area contributed by atoms with Gasteiger partial charge in [-0.1, -0.05) is 60.1 Å². The molecule has 2 N–H and O–H groups in total. The van der Waals surface area contributed by atoms with Crippen LogP contribution in [0.3, 0.4) is 0 Å². The van der Waals surface area contributed by atoms with Gasteiger partial charge in [-0.05, 0) is 41.7 Å². The van der Waals surface area contributed by atoms with Gasteiger partial charge in [0.2, 0.25) is 0 Å². The van der Waals surface area contributed by atoms with E-state index < -0.39 is 5.92 Å². The number of rotatable bonds is 3. The summed E-state index contributed by atoms with van der Waals surface area (Å²) in [5.41, 5.74) is 10.9. The van der Waals surface area contributed by atoms with Gasteiger partial charge in [0.05, 0.1) is 28.3 Å². The highest BCUT2D eigenvalue weighted by Crippen LogP contribution is 2.49. The number of Topliss-reactive ketones (excluding diaryl/α,β-unsaturated/α-hetero) is 1. The summed E-state index contributed by atoms with van der Waals surface area (Å²) in [6, 6.07) is 23.3. The summed E-state index contributed by atoms with van der Waals surface area (Å²) in [6.45, 7) is 0. The van der Waals surface area contributed by atoms with E-state index in [1.807, 2.05) is 54.6 Å². The minimum absolute atomic E-state index is 0.00780. The molecule has 33 heavy (non-hydrogen) atoms. The molecule has 0 amide bonds. The highest BCUT2D eigenvalue weighted by atomic mass is 35.5. The molecule has 3 aromatic rings. The number of hydrogen-bond donors (Lipinski definition) is 1. The summed E-state index contributed by atoms with van der Waals surface area (Å²) in [5, 5.41) is 10.6. The fourth-order valence-corrected chi connectivity index (χ4v) is 5.10. The number of halogens is 1. The van der Waals surface area contributed by atoms with Crippen LogP contribution >= 0.6 is 11.6 Å². The largest absolute Gasteiger partial charge is 0.384 e. The standard InChI is InChI=1S/C27H21ClN4O/c28-21-10-4-5-11-22(21)32-23-13-19(17-7-2-1-3-8-17)14-24(33)26(23)25(20(15-29)27(32)30)18-9-6-12-31-16-18/h1-12,16,19,25H,13-14,30H2/t19-,25-/m1/s1. The van der Waals surface area contributed by atoms with Gasteiger partial charge in [-0.3, -0.25) is 14.7 Å². The molecule has 0 unspecified atom stereocenters. The zero-order chi connectivity index (χ0) is 22.9. The first-order valence-corrected chi connectivity index (χ1v) is 11.1. The lowest BCUT2D eigenvalue weighted by molar-refractivity contribution is -0.116. The van der Waals surface area contributed by atoms with E-state index in [0.29, 0.717) is 40.5 Å². The Morgan fingerprint density at radius 3 is 2.42 bits per heavy atom. The third kappa shape index (κ3) is 3.59. The highest BCUT2D eigenvalue weighted by Gasteiger charge is 2.43. The molecule has 0 bridgehead atoms. The first kappa shape index (κ1) is 21.0. The van der Waals surface area contributed by atoms with Crippen molar-refractivity contribution >= 4 is 23.1 Å². The van der Waals surface area contributed by atoms with Crippen LogP contribution in [0.5, 0.6) is 0 Å². The quantitative estimate of drug-likeness (QED) is 0.572. The number of allylic oxidation sites excluding steroid dienone is 3. The lowest BCUT2D eigenvalue weighted by atomic mass is 9.72. The Labute approximate surface area is 197 Å². The Balaban J connectivity index is 1.74. The normalized spacial score (nSPS) is 20.5. The van der Waals surface area contributed by atoms with Crippen LogP contribution in [0.25, 0.3) is 0 Å². The predicted octanol–water partition coefficient (Wildman–Crippen LogP) is 5.43. The molecule has 5 rings (SSSR count). The second kappa shape index (κ2) is 8.57. The van der Waals surface area contributed by atoms with E-state index in [1.54, 1.807) is 29.4 Å². The monoisotopic (exact) mass is 452 g/mol. The number of nitrogens with two attached hydrogens (primary N) is 1. The van der Waals surface area contributed by atoms with Crippen LogP contribution < -0.4 is 10.6 Å². The number of carbonyl (C=O) groups excluding carboxylic acids is 1. The molecule has 0 radical (unpaired) electrons. The molecule has 0 fully saturated rings. The van der Waals surface area contributed by atoms with Gasteiger partial charge in [0.1, 0.15) is 5.82 Å². The van der Waals surface area contributed by atoms with E-state index >= 15 is 0 Å². The van der Waals surface area contributed by atoms with Crippen LogP contribution in [0, 0.1) is 11.3 Å². The average Bonchev–Trinajstić information content (AvgIpc) is 2.85. The summed E-state index contributed by atoms with van der Waals surface area (Å²) < 4.78 is 0. The highest BCUT2D eigenvalue weighted by molar-refractivity contribution is 6.33. The van der Waals surface area contributed by atoms with Gasteiger partial charge in [0.15, 0.2) is 5.78 Å². The lowest BCUT2D eigenvalue weighted by Gasteiger charge is -2.41. The van der Waals surface area contributed by atoms with E-state index in [1.165, 1.54) is 0 Å². The van der Waals surface area contributed by atoms with Gasteiger partial charge in [-0.25, -0.2) is 0 Å². The van der Waals surface area contributed by atoms with Crippen molar-refractivity contribution in [3.8, 4) is 6.07 Å². The number of hydrogen-bond acceptors (Lipinski definition) is 5. The van der Waals surface area contributed by atoms with Crippen molar-refractivity contribution in [1.82, 2.24) is 4.98 Å². The number of carbonyl (C=O) groups is 1. The maximum absolute atomic E-state index is 13.7. The first-order valence-electron chi connectivity index (χ1n) is 10.8. The van der Waals surface area contributed by atoms with Gasteiger partial charge in [0.25, 0.3) is 0 Å². The minimum atomic E-state index is -0.554. The number of ketones is 1. The summed E-state index contributed by atoms with van der Waals surface area (Å²) in [7, 11) is 0. The van der Waals surface area contributed by atoms with Gasteiger partial charge >= 0.3 is 0 Å². The molecule has 1 aliphatic heterocycles. The SMILES string of the molecule is N#CC1=C(N)N(c2ccccc2Cl)C2=C(C(=O)C[C@H](c3ccccc3)C2)[C@@H]1c1cccnc1. The van der Waals surface area contributed by atoms with E-state index in [2.05, 4.69) is 11.1 Å². The number of pyridine rings is 1. The number of anilines is 1. The molecule has 0 spiro atoms. The Hall–Kier alpha value is -3.88. The van der Waals surface area contributed by atoms with Crippen LogP contribution in [0.15, 0.2) is 102 Å². The van der Waals surface area contributed by atoms with Crippen LogP contribution in [0.1, 0.15) is 35.8 Å². The maximum Gasteiger partial charge on any atom is 0.162 e. The second-order valence-electron chi connectivity index (χ2n) is 8.22. The zero-order valence-electron chi connectivity index (χ0n) is 17.8. The Morgan fingerprint density at radius 1 is 1.00 bits per heavy atom. The van der Waals surface area contributed by atoms with Crippen molar-refractivity contribution in [3.63, 3.8) is 0 Å². The third-order valence-corrected chi connectivity index (χ3v) is 6.67. The van der Waals surface area contributed by atoms with Crippen molar-refractivity contribution in [2.24, 2.45) is 5.73 Å². The fourth-order valence-electron chi connectivity index (χ4n) is 4.88. The van der Waals surface area contributed by atoms with E-state index in [9.17, 15) is 10.1 Å². The molecule has 2 atom stereocenters. The molecule has 6 heteroatoms. The van der Waals surface area contributed by atoms with Crippen molar-refractivity contribution in [2.75, 3.05) is 4.90 Å². The Morgan fingerprint density at radius 2 is 1.73 bits per heavy atom. The molecule has 2 aliphatic rings. The molecule has 1 aliphatic carbocycles. The third-order valence-electron chi connectivity index (χ3n) is 6.35. The van der Waals surface area contributed by atoms with Crippen molar-refractivity contribution in [3.05, 3.63) is 118 Å². The number of nitrogens with zero attached hydrogens (tertiary/aromatic N) is 3. The van der Waals surface area contributed by atoms with Crippen molar-refractivity contribution < 1.29 is 4.79 Å². The Kier molecular flexibility index (Phi) is 5.45. The molecule has 162 valence electrons. The molecule has 5 nitrogen and oxygen atoms in total. The maximum atomic E-state index is 13.7. The van der Waals surface area contributed by atoms with Crippen LogP contribution in [-0.2, 0) is 4.79 Å². The van der Waals surface area contributed by atoms with E-state index in [4.69, 9.17) is 17.3 Å². The zero-order valence-corrected chi connectivity index (χ0v) is 18.5. The number of nitriles is 1.